The first kappa shape index (κ1) is 19.8. The number of rotatable bonds is 7. The van der Waals surface area contributed by atoms with Gasteiger partial charge in [0.1, 0.15) is 0 Å². The Kier molecular flexibility index (Phi) is 6.49. The molecule has 2 aromatic carbocycles. The second kappa shape index (κ2) is 8.84. The second-order valence-electron chi connectivity index (χ2n) is 6.80. The molecule has 3 N–H and O–H groups in total. The van der Waals surface area contributed by atoms with Crippen LogP contribution in [0.4, 0.5) is 5.69 Å². The highest BCUT2D eigenvalue weighted by atomic mass is 32.2. The first-order valence-electron chi connectivity index (χ1n) is 9.22. The molecule has 2 aromatic rings. The van der Waals surface area contributed by atoms with E-state index in [1.54, 1.807) is 12.1 Å². The summed E-state index contributed by atoms with van der Waals surface area (Å²) in [6.45, 7) is 6.65. The summed E-state index contributed by atoms with van der Waals surface area (Å²) in [5.74, 6) is 0. The normalized spacial score (nSPS) is 15.7. The smallest absolute Gasteiger partial charge is 0.240 e. The Labute approximate surface area is 161 Å². The van der Waals surface area contributed by atoms with E-state index in [1.165, 1.54) is 0 Å². The lowest BCUT2D eigenvalue weighted by Crippen LogP contribution is -2.38. The molecule has 7 heteroatoms. The van der Waals surface area contributed by atoms with Crippen LogP contribution in [0, 0.1) is 6.92 Å². The number of nitrogen functional groups attached to an aromatic ring is 1. The van der Waals surface area contributed by atoms with Gasteiger partial charge in [0.15, 0.2) is 0 Å². The van der Waals surface area contributed by atoms with Gasteiger partial charge in [-0.2, -0.15) is 0 Å². The van der Waals surface area contributed by atoms with Gasteiger partial charge in [0, 0.05) is 25.3 Å². The molecule has 0 aromatic heterocycles. The van der Waals surface area contributed by atoms with Crippen LogP contribution in [0.5, 0.6) is 0 Å². The van der Waals surface area contributed by atoms with Crippen molar-refractivity contribution in [2.24, 2.45) is 0 Å². The van der Waals surface area contributed by atoms with Crippen LogP contribution in [0.3, 0.4) is 0 Å². The van der Waals surface area contributed by atoms with Crippen LogP contribution in [0.2, 0.25) is 0 Å². The number of aryl methyl sites for hydroxylation is 1. The average molecular weight is 390 g/mol. The largest absolute Gasteiger partial charge is 0.399 e. The number of morpholine rings is 1. The van der Waals surface area contributed by atoms with Crippen molar-refractivity contribution in [2.45, 2.75) is 18.2 Å². The highest BCUT2D eigenvalue weighted by Crippen LogP contribution is 2.26. The highest BCUT2D eigenvalue weighted by Gasteiger charge is 2.15. The lowest BCUT2D eigenvalue weighted by atomic mass is 10.0. The Morgan fingerprint density at radius 1 is 1.11 bits per heavy atom. The summed E-state index contributed by atoms with van der Waals surface area (Å²) >= 11 is 0. The molecule has 6 nitrogen and oxygen atoms in total. The number of ether oxygens (including phenoxy) is 1. The van der Waals surface area contributed by atoms with Gasteiger partial charge in [0.25, 0.3) is 0 Å². The summed E-state index contributed by atoms with van der Waals surface area (Å²) in [4.78, 5) is 2.57. The van der Waals surface area contributed by atoms with Crippen LogP contribution in [0.15, 0.2) is 47.4 Å². The summed E-state index contributed by atoms with van der Waals surface area (Å²) < 4.78 is 33.0. The third kappa shape index (κ3) is 5.29. The van der Waals surface area contributed by atoms with Crippen LogP contribution in [-0.2, 0) is 14.8 Å². The van der Waals surface area contributed by atoms with Gasteiger partial charge < -0.3 is 10.5 Å². The minimum atomic E-state index is -3.50. The van der Waals surface area contributed by atoms with Gasteiger partial charge in [-0.25, -0.2) is 13.1 Å². The zero-order valence-corrected chi connectivity index (χ0v) is 16.5. The number of benzene rings is 2. The van der Waals surface area contributed by atoms with E-state index in [9.17, 15) is 8.42 Å². The van der Waals surface area contributed by atoms with Gasteiger partial charge in [-0.3, -0.25) is 4.90 Å². The average Bonchev–Trinajstić information content (AvgIpc) is 2.68. The van der Waals surface area contributed by atoms with E-state index in [0.29, 0.717) is 12.2 Å². The zero-order chi connectivity index (χ0) is 19.3. The summed E-state index contributed by atoms with van der Waals surface area (Å²) in [5, 5.41) is 0. The van der Waals surface area contributed by atoms with Crippen LogP contribution in [0.25, 0.3) is 11.1 Å². The number of nitrogens with two attached hydrogens (primary N) is 1. The van der Waals surface area contributed by atoms with Crippen molar-refractivity contribution in [3.63, 3.8) is 0 Å². The van der Waals surface area contributed by atoms with E-state index in [0.717, 1.165) is 56.0 Å². The molecule has 0 amide bonds. The summed E-state index contributed by atoms with van der Waals surface area (Å²) in [5.41, 5.74) is 9.62. The molecular weight excluding hydrogens is 362 g/mol. The molecule has 1 fully saturated rings. The molecule has 0 spiro atoms. The van der Waals surface area contributed by atoms with Gasteiger partial charge in [-0.15, -0.1) is 0 Å². The number of hydrogen-bond donors (Lipinski definition) is 2. The maximum Gasteiger partial charge on any atom is 0.240 e. The Morgan fingerprint density at radius 3 is 2.52 bits per heavy atom. The topological polar surface area (TPSA) is 84.7 Å². The van der Waals surface area contributed by atoms with Crippen LogP contribution >= 0.6 is 0 Å². The molecule has 3 rings (SSSR count). The Balaban J connectivity index is 1.59. The lowest BCUT2D eigenvalue weighted by molar-refractivity contribution is 0.0376. The molecule has 0 bridgehead atoms. The van der Waals surface area contributed by atoms with Crippen LogP contribution in [-0.4, -0.2) is 52.7 Å². The van der Waals surface area contributed by atoms with E-state index >= 15 is 0 Å². The number of hydrogen-bond acceptors (Lipinski definition) is 5. The summed E-state index contributed by atoms with van der Waals surface area (Å²) in [7, 11) is -3.50. The minimum Gasteiger partial charge on any atom is -0.399 e. The molecule has 1 aliphatic heterocycles. The molecule has 0 unspecified atom stereocenters. The fourth-order valence-corrected chi connectivity index (χ4v) is 4.26. The van der Waals surface area contributed by atoms with Crippen molar-refractivity contribution in [1.29, 1.82) is 0 Å². The third-order valence-corrected chi connectivity index (χ3v) is 6.26. The molecule has 0 radical (unpaired) electrons. The monoisotopic (exact) mass is 389 g/mol. The van der Waals surface area contributed by atoms with Crippen molar-refractivity contribution in [2.75, 3.05) is 45.1 Å². The molecular formula is C20H27N3O3S. The number of anilines is 1. The van der Waals surface area contributed by atoms with Crippen molar-refractivity contribution < 1.29 is 13.2 Å². The lowest BCUT2D eigenvalue weighted by Gasteiger charge is -2.26. The van der Waals surface area contributed by atoms with E-state index in [1.807, 2.05) is 37.3 Å². The standard InChI is InChI=1S/C20H27N3O3S/c1-16-3-6-18(21)15-20(16)17-4-7-19(8-5-17)27(24,25)22-9-2-10-23-11-13-26-14-12-23/h3-8,15,22H,2,9-14,21H2,1H3. The van der Waals surface area contributed by atoms with Crippen LogP contribution < -0.4 is 10.5 Å². The summed E-state index contributed by atoms with van der Waals surface area (Å²) in [6.07, 6.45) is 0.778. The van der Waals surface area contributed by atoms with Crippen molar-refractivity contribution in [3.8, 4) is 11.1 Å². The third-order valence-electron chi connectivity index (χ3n) is 4.78. The fraction of sp³-hybridized carbons (Fsp3) is 0.400. The van der Waals surface area contributed by atoms with Gasteiger partial charge >= 0.3 is 0 Å². The predicted molar refractivity (Wildman–Crippen MR) is 108 cm³/mol. The predicted octanol–water partition coefficient (Wildman–Crippen LogP) is 2.24. The second-order valence-corrected chi connectivity index (χ2v) is 8.57. The first-order valence-corrected chi connectivity index (χ1v) is 10.7. The maximum absolute atomic E-state index is 12.5. The molecule has 1 heterocycles. The minimum absolute atomic E-state index is 0.277. The molecule has 0 atom stereocenters. The number of nitrogens with one attached hydrogen (secondary N) is 1. The molecule has 27 heavy (non-hydrogen) atoms. The van der Waals surface area contributed by atoms with Gasteiger partial charge in [-0.1, -0.05) is 18.2 Å². The van der Waals surface area contributed by atoms with Gasteiger partial charge in [0.2, 0.25) is 10.0 Å². The summed E-state index contributed by atoms with van der Waals surface area (Å²) in [6, 6.07) is 12.7. The highest BCUT2D eigenvalue weighted by molar-refractivity contribution is 7.89. The van der Waals surface area contributed by atoms with E-state index in [-0.39, 0.29) is 4.90 Å². The molecule has 0 aliphatic carbocycles. The molecule has 0 saturated carbocycles. The molecule has 1 aliphatic rings. The first-order chi connectivity index (χ1) is 13.0. The SMILES string of the molecule is Cc1ccc(N)cc1-c1ccc(S(=O)(=O)NCCCN2CCOCC2)cc1. The van der Waals surface area contributed by atoms with E-state index in [2.05, 4.69) is 9.62 Å². The van der Waals surface area contributed by atoms with Crippen molar-refractivity contribution in [1.82, 2.24) is 9.62 Å². The quantitative estimate of drug-likeness (QED) is 0.560. The van der Waals surface area contributed by atoms with Gasteiger partial charge in [0.05, 0.1) is 18.1 Å². The molecule has 146 valence electrons. The number of nitrogens with zero attached hydrogens (tertiary/aromatic N) is 1. The van der Waals surface area contributed by atoms with Crippen molar-refractivity contribution >= 4 is 15.7 Å². The van der Waals surface area contributed by atoms with E-state index in [4.69, 9.17) is 10.5 Å². The van der Waals surface area contributed by atoms with Gasteiger partial charge in [-0.05, 0) is 60.8 Å². The van der Waals surface area contributed by atoms with Crippen LogP contribution in [0.1, 0.15) is 12.0 Å². The maximum atomic E-state index is 12.5. The van der Waals surface area contributed by atoms with Crippen molar-refractivity contribution in [3.05, 3.63) is 48.0 Å². The zero-order valence-electron chi connectivity index (χ0n) is 15.6. The fourth-order valence-electron chi connectivity index (χ4n) is 3.18. The molecule has 1 saturated heterocycles. The Hall–Kier alpha value is -1.93. The Morgan fingerprint density at radius 2 is 1.81 bits per heavy atom. The number of sulfonamides is 1. The Bertz CT molecular complexity index is 861. The van der Waals surface area contributed by atoms with E-state index < -0.39 is 10.0 Å².